The molecule has 0 aliphatic carbocycles. The molecule has 0 amide bonds. The molecular weight excluding hydrogens is 194 g/mol. The van der Waals surface area contributed by atoms with E-state index in [0.29, 0.717) is 13.2 Å². The molecule has 1 rings (SSSR count). The Morgan fingerprint density at radius 2 is 2.20 bits per heavy atom. The van der Waals surface area contributed by atoms with Gasteiger partial charge in [0.2, 0.25) is 0 Å². The average Bonchev–Trinajstić information content (AvgIpc) is 2.67. The molecule has 1 saturated heterocycles. The molecule has 1 aliphatic rings. The fourth-order valence-electron chi connectivity index (χ4n) is 1.93. The van der Waals surface area contributed by atoms with Gasteiger partial charge in [0.1, 0.15) is 6.04 Å². The quantitative estimate of drug-likeness (QED) is 0.490. The molecule has 0 bridgehead atoms. The minimum absolute atomic E-state index is 0.0367. The number of esters is 1. The minimum Gasteiger partial charge on any atom is -0.465 e. The summed E-state index contributed by atoms with van der Waals surface area (Å²) in [5.74, 6) is -0.0773. The molecule has 1 fully saturated rings. The van der Waals surface area contributed by atoms with Gasteiger partial charge in [-0.05, 0) is 33.2 Å². The van der Waals surface area contributed by atoms with Crippen LogP contribution >= 0.6 is 0 Å². The summed E-state index contributed by atoms with van der Waals surface area (Å²) in [5, 5.41) is 0. The molecule has 0 aromatic carbocycles. The predicted molar refractivity (Wildman–Crippen MR) is 57.7 cm³/mol. The number of hydrogen-bond donors (Lipinski definition) is 0. The van der Waals surface area contributed by atoms with Crippen LogP contribution in [0.1, 0.15) is 26.7 Å². The summed E-state index contributed by atoms with van der Waals surface area (Å²) in [6, 6.07) is -0.0367. The van der Waals surface area contributed by atoms with Gasteiger partial charge in [0.15, 0.2) is 0 Å². The summed E-state index contributed by atoms with van der Waals surface area (Å²) in [5.41, 5.74) is 0. The van der Waals surface area contributed by atoms with Gasteiger partial charge in [-0.1, -0.05) is 0 Å². The Labute approximate surface area is 91.5 Å². The van der Waals surface area contributed by atoms with E-state index >= 15 is 0 Å². The zero-order valence-electron chi connectivity index (χ0n) is 9.70. The molecule has 15 heavy (non-hydrogen) atoms. The van der Waals surface area contributed by atoms with Gasteiger partial charge in [0.05, 0.1) is 13.2 Å². The second kappa shape index (κ2) is 6.80. The van der Waals surface area contributed by atoms with Crippen LogP contribution in [0.3, 0.4) is 0 Å². The molecule has 4 heteroatoms. The molecule has 1 atom stereocenters. The maximum atomic E-state index is 11.6. The van der Waals surface area contributed by atoms with Gasteiger partial charge in [0, 0.05) is 13.2 Å². The number of rotatable bonds is 6. The third kappa shape index (κ3) is 3.80. The summed E-state index contributed by atoms with van der Waals surface area (Å²) in [7, 11) is 0. The van der Waals surface area contributed by atoms with Gasteiger partial charge in [-0.15, -0.1) is 0 Å². The van der Waals surface area contributed by atoms with Crippen molar-refractivity contribution in [1.82, 2.24) is 4.90 Å². The largest absolute Gasteiger partial charge is 0.465 e. The molecule has 1 heterocycles. The van der Waals surface area contributed by atoms with Crippen molar-refractivity contribution < 1.29 is 14.3 Å². The maximum absolute atomic E-state index is 11.6. The first-order chi connectivity index (χ1) is 7.29. The zero-order chi connectivity index (χ0) is 11.1. The smallest absolute Gasteiger partial charge is 0.323 e. The lowest BCUT2D eigenvalue weighted by Crippen LogP contribution is -2.39. The van der Waals surface area contributed by atoms with Crippen molar-refractivity contribution in [3.63, 3.8) is 0 Å². The summed E-state index contributed by atoms with van der Waals surface area (Å²) in [4.78, 5) is 13.7. The van der Waals surface area contributed by atoms with Crippen LogP contribution in [0.4, 0.5) is 0 Å². The Balaban J connectivity index is 2.32. The highest BCUT2D eigenvalue weighted by atomic mass is 16.5. The third-order valence-electron chi connectivity index (χ3n) is 2.65. The fraction of sp³-hybridized carbons (Fsp3) is 0.909. The third-order valence-corrected chi connectivity index (χ3v) is 2.65. The van der Waals surface area contributed by atoms with Gasteiger partial charge in [0.25, 0.3) is 0 Å². The molecule has 88 valence electrons. The topological polar surface area (TPSA) is 38.8 Å². The lowest BCUT2D eigenvalue weighted by atomic mass is 10.2. The first kappa shape index (κ1) is 12.5. The first-order valence-corrected chi connectivity index (χ1v) is 5.78. The monoisotopic (exact) mass is 215 g/mol. The van der Waals surface area contributed by atoms with Crippen LogP contribution in [-0.2, 0) is 14.3 Å². The predicted octanol–water partition coefficient (Wildman–Crippen LogP) is 1.05. The second-order valence-electron chi connectivity index (χ2n) is 3.64. The zero-order valence-corrected chi connectivity index (χ0v) is 9.70. The first-order valence-electron chi connectivity index (χ1n) is 5.78. The average molecular weight is 215 g/mol. The van der Waals surface area contributed by atoms with E-state index in [2.05, 4.69) is 4.90 Å². The second-order valence-corrected chi connectivity index (χ2v) is 3.64. The van der Waals surface area contributed by atoms with Crippen LogP contribution in [0, 0.1) is 0 Å². The van der Waals surface area contributed by atoms with Crippen molar-refractivity contribution in [3.05, 3.63) is 0 Å². The Morgan fingerprint density at radius 3 is 2.87 bits per heavy atom. The molecule has 0 saturated carbocycles. The van der Waals surface area contributed by atoms with Crippen LogP contribution in [0.25, 0.3) is 0 Å². The van der Waals surface area contributed by atoms with Crippen molar-refractivity contribution in [2.75, 3.05) is 32.9 Å². The summed E-state index contributed by atoms with van der Waals surface area (Å²) < 4.78 is 10.3. The normalized spacial score (nSPS) is 21.9. The van der Waals surface area contributed by atoms with E-state index in [4.69, 9.17) is 9.47 Å². The summed E-state index contributed by atoms with van der Waals surface area (Å²) >= 11 is 0. The van der Waals surface area contributed by atoms with Crippen LogP contribution in [0.5, 0.6) is 0 Å². The molecule has 0 aromatic rings. The molecular formula is C11H21NO3. The van der Waals surface area contributed by atoms with Crippen LogP contribution in [0.2, 0.25) is 0 Å². The van der Waals surface area contributed by atoms with E-state index < -0.39 is 0 Å². The van der Waals surface area contributed by atoms with Gasteiger partial charge in [-0.25, -0.2) is 0 Å². The number of carbonyl (C=O) groups excluding carboxylic acids is 1. The fourth-order valence-corrected chi connectivity index (χ4v) is 1.93. The Bertz CT molecular complexity index is 196. The number of ether oxygens (including phenoxy) is 2. The Kier molecular flexibility index (Phi) is 5.65. The molecule has 0 spiro atoms. The van der Waals surface area contributed by atoms with Crippen molar-refractivity contribution in [2.24, 2.45) is 0 Å². The van der Waals surface area contributed by atoms with Gasteiger partial charge in [-0.2, -0.15) is 0 Å². The molecule has 4 nitrogen and oxygen atoms in total. The van der Waals surface area contributed by atoms with Crippen molar-refractivity contribution in [1.29, 1.82) is 0 Å². The highest BCUT2D eigenvalue weighted by molar-refractivity contribution is 5.76. The van der Waals surface area contributed by atoms with E-state index in [0.717, 1.165) is 32.5 Å². The van der Waals surface area contributed by atoms with Crippen molar-refractivity contribution in [2.45, 2.75) is 32.7 Å². The van der Waals surface area contributed by atoms with Crippen LogP contribution < -0.4 is 0 Å². The highest BCUT2D eigenvalue weighted by Gasteiger charge is 2.31. The molecule has 1 unspecified atom stereocenters. The van der Waals surface area contributed by atoms with Gasteiger partial charge < -0.3 is 9.47 Å². The molecule has 1 aliphatic heterocycles. The number of carbonyl (C=O) groups is 1. The van der Waals surface area contributed by atoms with E-state index in [1.807, 2.05) is 13.8 Å². The lowest BCUT2D eigenvalue weighted by molar-refractivity contribution is -0.148. The lowest BCUT2D eigenvalue weighted by Gasteiger charge is -2.22. The van der Waals surface area contributed by atoms with Crippen molar-refractivity contribution in [3.8, 4) is 0 Å². The standard InChI is InChI=1S/C11H21NO3/c1-3-14-9-8-12-7-5-6-10(12)11(13)15-4-2/h10H,3-9H2,1-2H3. The van der Waals surface area contributed by atoms with E-state index in [1.165, 1.54) is 0 Å². The molecule has 0 radical (unpaired) electrons. The highest BCUT2D eigenvalue weighted by Crippen LogP contribution is 2.17. The van der Waals surface area contributed by atoms with E-state index in [1.54, 1.807) is 0 Å². The Hall–Kier alpha value is -0.610. The molecule has 0 aromatic heterocycles. The van der Waals surface area contributed by atoms with E-state index in [9.17, 15) is 4.79 Å². The van der Waals surface area contributed by atoms with Gasteiger partial charge in [-0.3, -0.25) is 9.69 Å². The Morgan fingerprint density at radius 1 is 1.40 bits per heavy atom. The van der Waals surface area contributed by atoms with Crippen molar-refractivity contribution >= 4 is 5.97 Å². The minimum atomic E-state index is -0.0773. The van der Waals surface area contributed by atoms with Gasteiger partial charge >= 0.3 is 5.97 Å². The maximum Gasteiger partial charge on any atom is 0.323 e. The number of hydrogen-bond acceptors (Lipinski definition) is 4. The number of likely N-dealkylation sites (tertiary alicyclic amines) is 1. The summed E-state index contributed by atoms with van der Waals surface area (Å²) in [6.45, 7) is 7.54. The summed E-state index contributed by atoms with van der Waals surface area (Å²) in [6.07, 6.45) is 2.00. The number of nitrogens with zero attached hydrogens (tertiary/aromatic N) is 1. The SMILES string of the molecule is CCOCCN1CCCC1C(=O)OCC. The van der Waals surface area contributed by atoms with E-state index in [-0.39, 0.29) is 12.0 Å². The van der Waals surface area contributed by atoms with Crippen LogP contribution in [0.15, 0.2) is 0 Å². The molecule has 0 N–H and O–H groups in total. The van der Waals surface area contributed by atoms with Crippen LogP contribution in [-0.4, -0.2) is 49.8 Å².